The lowest BCUT2D eigenvalue weighted by Gasteiger charge is -2.20. The van der Waals surface area contributed by atoms with Gasteiger partial charge in [0.05, 0.1) is 18.3 Å². The van der Waals surface area contributed by atoms with Gasteiger partial charge in [0.1, 0.15) is 0 Å². The molecule has 2 fully saturated rings. The van der Waals surface area contributed by atoms with Crippen molar-refractivity contribution in [2.45, 2.75) is 50.7 Å². The lowest BCUT2D eigenvalue weighted by atomic mass is 10.2. The Morgan fingerprint density at radius 2 is 2.07 bits per heavy atom. The van der Waals surface area contributed by atoms with Crippen molar-refractivity contribution in [2.24, 2.45) is 4.99 Å². The summed E-state index contributed by atoms with van der Waals surface area (Å²) in [5.74, 6) is 0.827. The molecule has 0 amide bonds. The van der Waals surface area contributed by atoms with Gasteiger partial charge in [-0.1, -0.05) is 30.5 Å². The minimum atomic E-state index is 0. The van der Waals surface area contributed by atoms with E-state index in [1.54, 1.807) is 0 Å². The number of guanidine groups is 1. The highest BCUT2D eigenvalue weighted by molar-refractivity contribution is 14.0. The first-order valence-electron chi connectivity index (χ1n) is 10.2. The summed E-state index contributed by atoms with van der Waals surface area (Å²) in [6, 6.07) is 11.1. The quantitative estimate of drug-likeness (QED) is 0.347. The van der Waals surface area contributed by atoms with Crippen LogP contribution < -0.4 is 15.5 Å². The molecule has 4 rings (SSSR count). The first-order valence-corrected chi connectivity index (χ1v) is 10.6. The maximum atomic E-state index is 6.13. The van der Waals surface area contributed by atoms with E-state index in [1.165, 1.54) is 31.4 Å². The lowest BCUT2D eigenvalue weighted by molar-refractivity contribution is 0.462. The van der Waals surface area contributed by atoms with Crippen LogP contribution in [0.1, 0.15) is 43.8 Å². The highest BCUT2D eigenvalue weighted by Gasteiger charge is 2.23. The molecule has 2 aromatic rings. The molecule has 2 N–H and O–H groups in total. The van der Waals surface area contributed by atoms with Gasteiger partial charge in [-0.05, 0) is 43.5 Å². The van der Waals surface area contributed by atoms with Crippen LogP contribution in [-0.2, 0) is 6.54 Å². The molecule has 1 aromatic heterocycles. The molecule has 1 saturated carbocycles. The van der Waals surface area contributed by atoms with E-state index in [9.17, 15) is 0 Å². The standard InChI is InChI=1S/C21H29ClN6.HI/c1-23-21(24-14-17-10-12-28(26-17)19-6-2-3-7-19)25-18-9-11-27(15-18)20-8-4-5-16(22)13-20;/h4-5,8,10,12-13,18-19H,2-3,6-7,9,11,14-15H2,1H3,(H2,23,24,25);1H. The molecular weight excluding hydrogens is 499 g/mol. The number of hydrogen-bond donors (Lipinski definition) is 2. The summed E-state index contributed by atoms with van der Waals surface area (Å²) in [5.41, 5.74) is 2.24. The van der Waals surface area contributed by atoms with Crippen molar-refractivity contribution in [3.05, 3.63) is 47.2 Å². The van der Waals surface area contributed by atoms with Gasteiger partial charge in [-0.2, -0.15) is 5.10 Å². The van der Waals surface area contributed by atoms with E-state index >= 15 is 0 Å². The summed E-state index contributed by atoms with van der Waals surface area (Å²) < 4.78 is 2.14. The predicted molar refractivity (Wildman–Crippen MR) is 131 cm³/mol. The zero-order valence-corrected chi connectivity index (χ0v) is 19.9. The monoisotopic (exact) mass is 528 g/mol. The Kier molecular flexibility index (Phi) is 8.06. The van der Waals surface area contributed by atoms with Crippen molar-refractivity contribution in [1.82, 2.24) is 20.4 Å². The summed E-state index contributed by atoms with van der Waals surface area (Å²) in [6.07, 6.45) is 8.34. The number of halogens is 2. The molecule has 1 aromatic carbocycles. The smallest absolute Gasteiger partial charge is 0.191 e. The first-order chi connectivity index (χ1) is 13.7. The normalized spacial score (nSPS) is 20.0. The Bertz CT molecular complexity index is 817. The van der Waals surface area contributed by atoms with Gasteiger partial charge in [0.2, 0.25) is 0 Å². The number of nitrogens with zero attached hydrogens (tertiary/aromatic N) is 4. The van der Waals surface area contributed by atoms with Gasteiger partial charge in [0.15, 0.2) is 5.96 Å². The van der Waals surface area contributed by atoms with Crippen LogP contribution in [0.5, 0.6) is 0 Å². The molecule has 158 valence electrons. The molecule has 8 heteroatoms. The fourth-order valence-corrected chi connectivity index (χ4v) is 4.38. The third-order valence-electron chi connectivity index (χ3n) is 5.73. The number of aliphatic imine (C=N–C) groups is 1. The van der Waals surface area contributed by atoms with Crippen LogP contribution in [0.2, 0.25) is 5.02 Å². The molecule has 2 heterocycles. The summed E-state index contributed by atoms with van der Waals surface area (Å²) >= 11 is 6.13. The van der Waals surface area contributed by atoms with Gasteiger partial charge in [-0.3, -0.25) is 9.67 Å². The highest BCUT2D eigenvalue weighted by Crippen LogP contribution is 2.28. The fourth-order valence-electron chi connectivity index (χ4n) is 4.19. The van der Waals surface area contributed by atoms with E-state index in [2.05, 4.69) is 43.5 Å². The summed E-state index contributed by atoms with van der Waals surface area (Å²) in [4.78, 5) is 6.74. The maximum absolute atomic E-state index is 6.13. The van der Waals surface area contributed by atoms with E-state index in [0.29, 0.717) is 18.6 Å². The minimum Gasteiger partial charge on any atom is -0.369 e. The molecule has 2 aliphatic rings. The zero-order valence-electron chi connectivity index (χ0n) is 16.9. The second-order valence-electron chi connectivity index (χ2n) is 7.71. The topological polar surface area (TPSA) is 57.5 Å². The summed E-state index contributed by atoms with van der Waals surface area (Å²) in [7, 11) is 1.82. The van der Waals surface area contributed by atoms with Crippen LogP contribution in [0, 0.1) is 0 Å². The van der Waals surface area contributed by atoms with Crippen molar-refractivity contribution in [2.75, 3.05) is 25.0 Å². The van der Waals surface area contributed by atoms with Gasteiger partial charge in [-0.15, -0.1) is 24.0 Å². The van der Waals surface area contributed by atoms with E-state index in [4.69, 9.17) is 16.7 Å². The number of benzene rings is 1. The molecular formula is C21H30ClIN6. The largest absolute Gasteiger partial charge is 0.369 e. The molecule has 1 atom stereocenters. The highest BCUT2D eigenvalue weighted by atomic mass is 127. The predicted octanol–water partition coefficient (Wildman–Crippen LogP) is 4.21. The van der Waals surface area contributed by atoms with Gasteiger partial charge in [0.25, 0.3) is 0 Å². The van der Waals surface area contributed by atoms with Crippen LogP contribution in [0.25, 0.3) is 0 Å². The van der Waals surface area contributed by atoms with Crippen LogP contribution in [0.15, 0.2) is 41.5 Å². The second kappa shape index (κ2) is 10.5. The van der Waals surface area contributed by atoms with Gasteiger partial charge >= 0.3 is 0 Å². The van der Waals surface area contributed by atoms with Gasteiger partial charge in [0, 0.05) is 43.1 Å². The lowest BCUT2D eigenvalue weighted by Crippen LogP contribution is -2.44. The number of hydrogen-bond acceptors (Lipinski definition) is 3. The SMILES string of the molecule is CN=C(NCc1ccn(C2CCCC2)n1)NC1CCN(c2cccc(Cl)c2)C1.I. The van der Waals surface area contributed by atoms with Crippen molar-refractivity contribution < 1.29 is 0 Å². The van der Waals surface area contributed by atoms with Crippen LogP contribution in [0.4, 0.5) is 5.69 Å². The number of rotatable bonds is 5. The molecule has 0 spiro atoms. The van der Waals surface area contributed by atoms with E-state index in [-0.39, 0.29) is 24.0 Å². The first kappa shape index (κ1) is 22.2. The summed E-state index contributed by atoms with van der Waals surface area (Å²) in [6.45, 7) is 2.64. The minimum absolute atomic E-state index is 0. The van der Waals surface area contributed by atoms with Crippen LogP contribution in [-0.4, -0.2) is 41.9 Å². The number of anilines is 1. The summed E-state index contributed by atoms with van der Waals surface area (Å²) in [5, 5.41) is 12.5. The molecule has 6 nitrogen and oxygen atoms in total. The molecule has 1 saturated heterocycles. The third kappa shape index (κ3) is 5.78. The Hall–Kier alpha value is -1.48. The number of aromatic nitrogens is 2. The van der Waals surface area contributed by atoms with E-state index < -0.39 is 0 Å². The molecule has 29 heavy (non-hydrogen) atoms. The second-order valence-corrected chi connectivity index (χ2v) is 8.14. The average molecular weight is 529 g/mol. The van der Waals surface area contributed by atoms with Crippen LogP contribution in [0.3, 0.4) is 0 Å². The van der Waals surface area contributed by atoms with Crippen LogP contribution >= 0.6 is 35.6 Å². The third-order valence-corrected chi connectivity index (χ3v) is 5.96. The van der Waals surface area contributed by atoms with Crippen molar-refractivity contribution in [3.63, 3.8) is 0 Å². The fraction of sp³-hybridized carbons (Fsp3) is 0.524. The molecule has 0 radical (unpaired) electrons. The Morgan fingerprint density at radius 3 is 2.83 bits per heavy atom. The molecule has 0 bridgehead atoms. The molecule has 1 unspecified atom stereocenters. The Balaban J connectivity index is 0.00000240. The van der Waals surface area contributed by atoms with Gasteiger partial charge < -0.3 is 15.5 Å². The molecule has 1 aliphatic carbocycles. The maximum Gasteiger partial charge on any atom is 0.191 e. The Morgan fingerprint density at radius 1 is 1.24 bits per heavy atom. The van der Waals surface area contributed by atoms with E-state index in [1.807, 2.05) is 25.2 Å². The van der Waals surface area contributed by atoms with Crippen molar-refractivity contribution in [3.8, 4) is 0 Å². The average Bonchev–Trinajstić information content (AvgIpc) is 3.46. The van der Waals surface area contributed by atoms with Gasteiger partial charge in [-0.25, -0.2) is 0 Å². The van der Waals surface area contributed by atoms with E-state index in [0.717, 1.165) is 36.2 Å². The number of nitrogens with one attached hydrogen (secondary N) is 2. The Labute approximate surface area is 195 Å². The zero-order chi connectivity index (χ0) is 19.3. The van der Waals surface area contributed by atoms with Crippen molar-refractivity contribution in [1.29, 1.82) is 0 Å². The molecule has 1 aliphatic heterocycles. The van der Waals surface area contributed by atoms with Crippen molar-refractivity contribution >= 4 is 47.2 Å².